The Morgan fingerprint density at radius 1 is 0.259 bits per heavy atom. The van der Waals surface area contributed by atoms with E-state index in [0.29, 0.717) is 38.5 Å². The van der Waals surface area contributed by atoms with E-state index in [-0.39, 0.29) is 93.2 Å². The quantitative estimate of drug-likeness (QED) is 0.0154. The van der Waals surface area contributed by atoms with Crippen LogP contribution in [0.25, 0.3) is 0 Å². The molecule has 0 aliphatic rings. The second-order valence-corrected chi connectivity index (χ2v) is 30.5. The molecule has 0 heterocycles. The second kappa shape index (κ2) is 115. The normalized spacial score (nSPS) is 10.7. The molecule has 0 fully saturated rings. The van der Waals surface area contributed by atoms with Gasteiger partial charge in [0.15, 0.2) is 0 Å². The molecule has 0 aliphatic carbocycles. The second-order valence-electron chi connectivity index (χ2n) is 26.3. The topological polar surface area (TPSA) is 556 Å². The van der Waals surface area contributed by atoms with Crippen molar-refractivity contribution in [2.45, 2.75) is 401 Å². The van der Waals surface area contributed by atoms with Gasteiger partial charge in [-0.2, -0.15) is 0 Å². The largest absolute Gasteiger partial charge is 2.00 e. The summed E-state index contributed by atoms with van der Waals surface area (Å²) in [5, 5.41) is 23.2. The summed E-state index contributed by atoms with van der Waals surface area (Å²) in [6, 6.07) is 0. The van der Waals surface area contributed by atoms with Gasteiger partial charge in [0.1, 0.15) is 0 Å². The summed E-state index contributed by atoms with van der Waals surface area (Å²) in [5.74, 6) is -1.36. The van der Waals surface area contributed by atoms with Crippen LogP contribution >= 0.6 is 0 Å². The van der Waals surface area contributed by atoms with Gasteiger partial charge in [-0.3, -0.25) is 26.3 Å². The molecular formula is C74H170N8O20Pt2S4. The molecule has 34 heteroatoms. The van der Waals surface area contributed by atoms with Crippen molar-refractivity contribution in [1.29, 1.82) is 0 Å². The zero-order valence-corrected chi connectivity index (χ0v) is 77.0. The number of hydrogen-bond donors (Lipinski definition) is 10. The summed E-state index contributed by atoms with van der Waals surface area (Å²) in [5.41, 5.74) is 10.9. The fourth-order valence-electron chi connectivity index (χ4n) is 9.98. The van der Waals surface area contributed by atoms with Crippen LogP contribution in [0.15, 0.2) is 0 Å². The number of rotatable bonds is 71. The predicted molar refractivity (Wildman–Crippen MR) is 434 cm³/mol. The van der Waals surface area contributed by atoms with E-state index < -0.39 is 53.5 Å². The summed E-state index contributed by atoms with van der Waals surface area (Å²) in [4.78, 5) is 19.7. The first-order valence-electron chi connectivity index (χ1n) is 40.4. The first kappa shape index (κ1) is 137. The molecule has 0 radical (unpaired) electrons. The van der Waals surface area contributed by atoms with Crippen LogP contribution in [0.1, 0.15) is 401 Å². The monoisotopic (exact) mass is 2010 g/mol. The van der Waals surface area contributed by atoms with Gasteiger partial charge in [-0.1, -0.05) is 324 Å². The van der Waals surface area contributed by atoms with E-state index in [0.717, 1.165) is 129 Å². The molecule has 0 amide bonds. The number of hydrogen-bond acceptors (Lipinski definition) is 26. The average molecular weight is 2010 g/mol. The van der Waals surface area contributed by atoms with Crippen LogP contribution in [0.3, 0.4) is 0 Å². The van der Waals surface area contributed by atoms with Crippen LogP contribution in [0.5, 0.6) is 0 Å². The summed E-state index contributed by atoms with van der Waals surface area (Å²) in [7, 11) is -17.9. The van der Waals surface area contributed by atoms with E-state index in [1.165, 1.54) is 231 Å². The third kappa shape index (κ3) is 178. The zero-order chi connectivity index (χ0) is 78.1. The molecule has 0 bridgehead atoms. The molecule has 0 unspecified atom stereocenters. The Kier molecular flexibility index (Phi) is 145. The van der Waals surface area contributed by atoms with Gasteiger partial charge in [0.05, 0.1) is 26.4 Å². The number of carbonyl (C=O) groups is 2. The van der Waals surface area contributed by atoms with Crippen LogP contribution < -0.4 is 46.7 Å². The minimum absolute atomic E-state index is 0. The van der Waals surface area contributed by atoms with Crippen molar-refractivity contribution in [3.8, 4) is 0 Å². The molecule has 0 saturated carbocycles. The van der Waals surface area contributed by atoms with Gasteiger partial charge < -0.3 is 75.1 Å². The molecule has 0 atom stereocenters. The fourth-order valence-corrected chi connectivity index (χ4v) is 11.3. The minimum atomic E-state index is -4.48. The number of carboxylic acids is 2. The first-order valence-corrected chi connectivity index (χ1v) is 45.7. The molecule has 0 aromatic carbocycles. The van der Waals surface area contributed by atoms with Crippen molar-refractivity contribution >= 4 is 53.5 Å². The van der Waals surface area contributed by atoms with Gasteiger partial charge in [-0.15, -0.1) is 0 Å². The maximum Gasteiger partial charge on any atom is 2.00 e. The predicted octanol–water partition coefficient (Wildman–Crippen LogP) is 18.7. The standard InChI is InChI=1S/C14H34N4.4C12H26O4S.2C6H12O2.4H3N.2Pt/c15-9-5-1-3-7-11-17-13-14-18-12-8-4-2-6-10-16;4*1-2-3-4-5-6-7-8-9-10-11-12-16-17(13,14)15;2*1-2-3-4-5-6(7)8;;;;;;/h17-18H,1-16H2;4*2-12H2,1H3,(H,13,14,15);2*2-5H2,1H3,(H,7,8);4*1H3;;/q;;;;;;;;;;;2*+2/p-4. The number of nitrogens with two attached hydrogens (primary N) is 2. The van der Waals surface area contributed by atoms with Crippen molar-refractivity contribution < 1.29 is 131 Å². The molecule has 0 spiro atoms. The third-order valence-corrected chi connectivity index (χ3v) is 17.8. The van der Waals surface area contributed by atoms with Crippen LogP contribution in [-0.4, -0.2) is 140 Å². The van der Waals surface area contributed by atoms with Crippen molar-refractivity contribution in [2.75, 3.05) is 65.7 Å². The summed E-state index contributed by atoms with van der Waals surface area (Å²) in [6.07, 6.45) is 63.4. The van der Waals surface area contributed by atoms with Crippen molar-refractivity contribution in [2.24, 2.45) is 11.5 Å². The fraction of sp³-hybridized carbons (Fsp3) is 0.973. The average Bonchev–Trinajstić information content (AvgIpc) is 1.03. The van der Waals surface area contributed by atoms with E-state index in [1.807, 2.05) is 0 Å². The molecule has 0 rings (SSSR count). The first-order chi connectivity index (χ1) is 48.7. The molecular weight excluding hydrogens is 1840 g/mol. The molecule has 20 N–H and O–H groups in total. The maximum atomic E-state index is 10.1. The Morgan fingerprint density at radius 2 is 0.407 bits per heavy atom. The van der Waals surface area contributed by atoms with E-state index in [9.17, 15) is 61.5 Å². The van der Waals surface area contributed by atoms with Crippen LogP contribution in [0, 0.1) is 0 Å². The molecule has 670 valence electrons. The van der Waals surface area contributed by atoms with Crippen molar-refractivity contribution in [3.63, 3.8) is 0 Å². The number of carboxylic acid groups (broad SMARTS) is 2. The Labute approximate surface area is 692 Å². The van der Waals surface area contributed by atoms with E-state index in [2.05, 4.69) is 68.9 Å². The van der Waals surface area contributed by atoms with Crippen LogP contribution in [0.2, 0.25) is 0 Å². The summed E-state index contributed by atoms with van der Waals surface area (Å²) < 4.78 is 138. The van der Waals surface area contributed by atoms with E-state index in [1.54, 1.807) is 0 Å². The molecule has 0 aromatic heterocycles. The van der Waals surface area contributed by atoms with E-state index >= 15 is 0 Å². The van der Waals surface area contributed by atoms with Gasteiger partial charge in [-0.05, 0) is 90.4 Å². The number of nitrogens with one attached hydrogen (secondary N) is 2. The molecule has 0 saturated heterocycles. The Morgan fingerprint density at radius 3 is 0.565 bits per heavy atom. The van der Waals surface area contributed by atoms with Gasteiger partial charge in [0, 0.05) is 25.9 Å². The van der Waals surface area contributed by atoms with Crippen molar-refractivity contribution in [3.05, 3.63) is 0 Å². The van der Waals surface area contributed by atoms with Crippen LogP contribution in [0.4, 0.5) is 0 Å². The van der Waals surface area contributed by atoms with Crippen LogP contribution in [-0.2, 0) is 110 Å². The minimum Gasteiger partial charge on any atom is -0.726 e. The molecule has 0 aromatic rings. The summed E-state index contributed by atoms with van der Waals surface area (Å²) in [6.45, 7) is 19.2. The Hall–Kier alpha value is -0.523. The Balaban J connectivity index is -0.0000000891. The van der Waals surface area contributed by atoms with E-state index in [4.69, 9.17) is 21.7 Å². The maximum absolute atomic E-state index is 10.1. The van der Waals surface area contributed by atoms with Gasteiger partial charge in [-0.25, -0.2) is 33.7 Å². The molecule has 0 aliphatic heterocycles. The van der Waals surface area contributed by atoms with Gasteiger partial charge in [0.25, 0.3) is 0 Å². The molecule has 108 heavy (non-hydrogen) atoms. The number of aliphatic carboxylic acids is 2. The van der Waals surface area contributed by atoms with Gasteiger partial charge in [0.2, 0.25) is 41.6 Å². The third-order valence-electron chi connectivity index (χ3n) is 16.0. The molecule has 28 nitrogen and oxygen atoms in total. The Bertz CT molecular complexity index is 1850. The van der Waals surface area contributed by atoms with Crippen molar-refractivity contribution in [1.82, 2.24) is 35.2 Å². The SMILES string of the molecule is CCCCCC(=O)O.CCCCCC(=O)O.CCCCCCCCCCCCOS(=O)(=O)[O-].CCCCCCCCCCCCOS(=O)(=O)[O-].CCCCCCCCCCCCOS(=O)(=O)[O-].CCCCCCCCCCCCOS(=O)(=O)[O-].N.N.N.N.NCCCCCCNCCNCCCCCCN.[Pt+2].[Pt+2]. The smallest absolute Gasteiger partial charge is 0.726 e. The zero-order valence-electron chi connectivity index (χ0n) is 69.2. The summed E-state index contributed by atoms with van der Waals surface area (Å²) >= 11 is 0. The number of unbranched alkanes of at least 4 members (excludes halogenated alkanes) is 46. The van der Waals surface area contributed by atoms with Gasteiger partial charge >= 0.3 is 54.1 Å².